The van der Waals surface area contributed by atoms with Crippen LogP contribution in [0.1, 0.15) is 33.6 Å². The highest BCUT2D eigenvalue weighted by molar-refractivity contribution is 5.68. The van der Waals surface area contributed by atoms with Gasteiger partial charge in [-0.25, -0.2) is 13.6 Å². The summed E-state index contributed by atoms with van der Waals surface area (Å²) in [6.07, 6.45) is -2.63. The van der Waals surface area contributed by atoms with Crippen molar-refractivity contribution >= 4 is 6.09 Å². The summed E-state index contributed by atoms with van der Waals surface area (Å²) in [5.74, 6) is -2.95. The molecule has 1 heterocycles. The number of hydrogen-bond donors (Lipinski definition) is 1. The Morgan fingerprint density at radius 3 is 2.56 bits per heavy atom. The Hall–Kier alpha value is -0.910. The molecule has 0 aromatic heterocycles. The van der Waals surface area contributed by atoms with Gasteiger partial charge in [0.25, 0.3) is 5.92 Å². The van der Waals surface area contributed by atoms with Gasteiger partial charge in [-0.15, -0.1) is 0 Å². The lowest BCUT2D eigenvalue weighted by Gasteiger charge is -2.37. The number of halogens is 2. The molecule has 0 aliphatic carbocycles. The minimum absolute atomic E-state index is 0.133. The minimum atomic E-state index is -2.95. The predicted molar refractivity (Wildman–Crippen MR) is 53.1 cm³/mol. The summed E-state index contributed by atoms with van der Waals surface area (Å²) in [6, 6.07) is 0. The molecule has 1 unspecified atom stereocenters. The summed E-state index contributed by atoms with van der Waals surface area (Å²) in [5, 5.41) is 9.46. The van der Waals surface area contributed by atoms with Crippen LogP contribution in [0.15, 0.2) is 0 Å². The number of hydrogen-bond acceptors (Lipinski definition) is 3. The molecule has 1 rings (SSSR count). The van der Waals surface area contributed by atoms with Gasteiger partial charge in [0.05, 0.1) is 6.54 Å². The lowest BCUT2D eigenvalue weighted by atomic mass is 10.1. The Kier molecular flexibility index (Phi) is 3.42. The van der Waals surface area contributed by atoms with Crippen molar-refractivity contribution in [2.24, 2.45) is 0 Å². The maximum absolute atomic E-state index is 13.1. The zero-order chi connectivity index (χ0) is 12.6. The number of amides is 1. The Balaban J connectivity index is 2.67. The van der Waals surface area contributed by atoms with E-state index in [1.54, 1.807) is 20.8 Å². The minimum Gasteiger partial charge on any atom is -0.444 e. The first-order chi connectivity index (χ1) is 7.11. The number of rotatable bonds is 0. The molecule has 1 aliphatic rings. The second-order valence-electron chi connectivity index (χ2n) is 4.98. The molecule has 6 heteroatoms. The van der Waals surface area contributed by atoms with E-state index in [9.17, 15) is 18.7 Å². The molecule has 1 fully saturated rings. The van der Waals surface area contributed by atoms with Gasteiger partial charge in [0, 0.05) is 6.42 Å². The average molecular weight is 237 g/mol. The monoisotopic (exact) mass is 237 g/mol. The number of aliphatic hydroxyl groups excluding tert-OH is 1. The quantitative estimate of drug-likeness (QED) is 0.700. The highest BCUT2D eigenvalue weighted by Gasteiger charge is 2.42. The van der Waals surface area contributed by atoms with Crippen molar-refractivity contribution in [3.05, 3.63) is 0 Å². The number of aliphatic hydroxyl groups is 1. The molecular weight excluding hydrogens is 220 g/mol. The molecule has 94 valence electrons. The maximum Gasteiger partial charge on any atom is 0.412 e. The lowest BCUT2D eigenvalue weighted by Crippen LogP contribution is -2.52. The van der Waals surface area contributed by atoms with E-state index in [-0.39, 0.29) is 6.42 Å². The molecule has 1 aliphatic heterocycles. The fraction of sp³-hybridized carbons (Fsp3) is 0.900. The molecular formula is C10H17F2NO3. The van der Waals surface area contributed by atoms with Crippen molar-refractivity contribution in [2.75, 3.05) is 6.54 Å². The van der Waals surface area contributed by atoms with Crippen LogP contribution in [0.3, 0.4) is 0 Å². The first-order valence-electron chi connectivity index (χ1n) is 5.16. The zero-order valence-electron chi connectivity index (χ0n) is 9.67. The largest absolute Gasteiger partial charge is 0.444 e. The van der Waals surface area contributed by atoms with E-state index in [4.69, 9.17) is 4.74 Å². The van der Waals surface area contributed by atoms with Crippen molar-refractivity contribution in [3.8, 4) is 0 Å². The highest BCUT2D eigenvalue weighted by atomic mass is 19.3. The Bertz CT molecular complexity index is 276. The normalized spacial score (nSPS) is 25.4. The number of nitrogens with zero attached hydrogens (tertiary/aromatic N) is 1. The van der Waals surface area contributed by atoms with Crippen molar-refractivity contribution < 1.29 is 23.4 Å². The van der Waals surface area contributed by atoms with Crippen LogP contribution in [0, 0.1) is 0 Å². The van der Waals surface area contributed by atoms with Crippen LogP contribution in [0.4, 0.5) is 13.6 Å². The van der Waals surface area contributed by atoms with Gasteiger partial charge < -0.3 is 9.84 Å². The van der Waals surface area contributed by atoms with Gasteiger partial charge >= 0.3 is 6.09 Å². The van der Waals surface area contributed by atoms with E-state index in [0.29, 0.717) is 4.90 Å². The van der Waals surface area contributed by atoms with Gasteiger partial charge in [0.1, 0.15) is 11.8 Å². The second-order valence-corrected chi connectivity index (χ2v) is 4.98. The van der Waals surface area contributed by atoms with Crippen LogP contribution in [-0.2, 0) is 4.74 Å². The van der Waals surface area contributed by atoms with Crippen LogP contribution >= 0.6 is 0 Å². The SMILES string of the molecule is CC(C)(C)OC(=O)N1CC(F)(F)CCC1O. The molecule has 0 aromatic rings. The summed E-state index contributed by atoms with van der Waals surface area (Å²) < 4.78 is 31.1. The fourth-order valence-corrected chi connectivity index (χ4v) is 1.44. The maximum atomic E-state index is 13.1. The molecule has 0 saturated carbocycles. The van der Waals surface area contributed by atoms with E-state index in [2.05, 4.69) is 0 Å². The number of likely N-dealkylation sites (tertiary alicyclic amines) is 1. The van der Waals surface area contributed by atoms with Gasteiger partial charge in [-0.05, 0) is 27.2 Å². The number of piperidine rings is 1. The molecule has 0 spiro atoms. The molecule has 1 N–H and O–H groups in total. The molecule has 1 amide bonds. The van der Waals surface area contributed by atoms with E-state index < -0.39 is 36.8 Å². The van der Waals surface area contributed by atoms with E-state index in [0.717, 1.165) is 0 Å². The van der Waals surface area contributed by atoms with Crippen LogP contribution in [0.5, 0.6) is 0 Å². The number of alkyl halides is 2. The summed E-state index contributed by atoms with van der Waals surface area (Å²) in [7, 11) is 0. The zero-order valence-corrected chi connectivity index (χ0v) is 9.67. The topological polar surface area (TPSA) is 49.8 Å². The third-order valence-electron chi connectivity index (χ3n) is 2.16. The van der Waals surface area contributed by atoms with Crippen molar-refractivity contribution in [1.82, 2.24) is 4.90 Å². The van der Waals surface area contributed by atoms with E-state index >= 15 is 0 Å². The number of ether oxygens (including phenoxy) is 1. The molecule has 1 atom stereocenters. The molecule has 0 bridgehead atoms. The number of carbonyl (C=O) groups is 1. The van der Waals surface area contributed by atoms with Crippen LogP contribution in [0.25, 0.3) is 0 Å². The van der Waals surface area contributed by atoms with Gasteiger partial charge in [0.15, 0.2) is 0 Å². The van der Waals surface area contributed by atoms with Crippen molar-refractivity contribution in [1.29, 1.82) is 0 Å². The third-order valence-corrected chi connectivity index (χ3v) is 2.16. The average Bonchev–Trinajstić information content (AvgIpc) is 2.06. The molecule has 4 nitrogen and oxygen atoms in total. The summed E-state index contributed by atoms with van der Waals surface area (Å²) >= 11 is 0. The molecule has 16 heavy (non-hydrogen) atoms. The van der Waals surface area contributed by atoms with Crippen LogP contribution in [-0.4, -0.2) is 40.4 Å². The van der Waals surface area contributed by atoms with Gasteiger partial charge in [-0.2, -0.15) is 0 Å². The van der Waals surface area contributed by atoms with Crippen LogP contribution in [0.2, 0.25) is 0 Å². The van der Waals surface area contributed by atoms with E-state index in [1.165, 1.54) is 0 Å². The van der Waals surface area contributed by atoms with Crippen molar-refractivity contribution in [3.63, 3.8) is 0 Å². The summed E-state index contributed by atoms with van der Waals surface area (Å²) in [6.45, 7) is 4.13. The number of carbonyl (C=O) groups excluding carboxylic acids is 1. The van der Waals surface area contributed by atoms with E-state index in [1.807, 2.05) is 0 Å². The Morgan fingerprint density at radius 1 is 1.50 bits per heavy atom. The summed E-state index contributed by atoms with van der Waals surface area (Å²) in [5.41, 5.74) is -0.760. The van der Waals surface area contributed by atoms with Gasteiger partial charge in [0.2, 0.25) is 0 Å². The molecule has 0 radical (unpaired) electrons. The Labute approximate surface area is 93.2 Å². The lowest BCUT2D eigenvalue weighted by molar-refractivity contribution is -0.129. The molecule has 1 saturated heterocycles. The third kappa shape index (κ3) is 3.59. The fourth-order valence-electron chi connectivity index (χ4n) is 1.44. The second kappa shape index (κ2) is 4.16. The van der Waals surface area contributed by atoms with Gasteiger partial charge in [-0.3, -0.25) is 4.90 Å². The first kappa shape index (κ1) is 13.2. The molecule has 0 aromatic carbocycles. The summed E-state index contributed by atoms with van der Waals surface area (Å²) in [4.78, 5) is 12.2. The van der Waals surface area contributed by atoms with Crippen LogP contribution < -0.4 is 0 Å². The predicted octanol–water partition coefficient (Wildman–Crippen LogP) is 1.97. The highest BCUT2D eigenvalue weighted by Crippen LogP contribution is 2.30. The van der Waals surface area contributed by atoms with Gasteiger partial charge in [-0.1, -0.05) is 0 Å². The van der Waals surface area contributed by atoms with Crippen molar-refractivity contribution in [2.45, 2.75) is 51.4 Å². The Morgan fingerprint density at radius 2 is 2.06 bits per heavy atom. The smallest absolute Gasteiger partial charge is 0.412 e. The first-order valence-corrected chi connectivity index (χ1v) is 5.16. The standard InChI is InChI=1S/C10H17F2NO3/c1-9(2,3)16-8(15)13-6-10(11,12)5-4-7(13)14/h7,14H,4-6H2,1-3H3.